The van der Waals surface area contributed by atoms with Crippen LogP contribution in [0, 0.1) is 0 Å². The van der Waals surface area contributed by atoms with Crippen LogP contribution >= 0.6 is 12.4 Å². The molecule has 0 radical (unpaired) electrons. The molecule has 1 saturated heterocycles. The van der Waals surface area contributed by atoms with Gasteiger partial charge in [-0.15, -0.1) is 12.4 Å². The summed E-state index contributed by atoms with van der Waals surface area (Å²) >= 11 is 0. The number of ether oxygens (including phenoxy) is 2. The number of primary amides is 1. The van der Waals surface area contributed by atoms with E-state index in [4.69, 9.17) is 20.9 Å². The smallest absolute Gasteiger partial charge is 0.255 e. The molecule has 1 aromatic rings. The fourth-order valence-electron chi connectivity index (χ4n) is 2.99. The van der Waals surface area contributed by atoms with Gasteiger partial charge in [-0.25, -0.2) is 0 Å². The highest BCUT2D eigenvalue weighted by Gasteiger charge is 2.30. The van der Waals surface area contributed by atoms with Crippen LogP contribution in [0.2, 0.25) is 0 Å². The summed E-state index contributed by atoms with van der Waals surface area (Å²) in [5.74, 6) is 0.105. The molecule has 1 aliphatic heterocycles. The fourth-order valence-corrected chi connectivity index (χ4v) is 2.99. The lowest BCUT2D eigenvalue weighted by molar-refractivity contribution is -0.119. The highest BCUT2D eigenvalue weighted by Crippen LogP contribution is 2.30. The van der Waals surface area contributed by atoms with Crippen LogP contribution < -0.4 is 20.9 Å². The van der Waals surface area contributed by atoms with Crippen LogP contribution in [0.4, 0.5) is 0 Å². The lowest BCUT2D eigenvalue weighted by Gasteiger charge is -2.38. The van der Waals surface area contributed by atoms with Crippen molar-refractivity contribution in [3.05, 3.63) is 23.8 Å². The van der Waals surface area contributed by atoms with E-state index in [1.54, 1.807) is 18.2 Å². The van der Waals surface area contributed by atoms with Crippen molar-refractivity contribution < 1.29 is 19.1 Å². The number of likely N-dealkylation sites (tertiary alicyclic amines) is 1. The van der Waals surface area contributed by atoms with E-state index in [2.05, 4.69) is 0 Å². The Bertz CT molecular complexity index is 610. The first-order valence-corrected chi connectivity index (χ1v) is 8.09. The first kappa shape index (κ1) is 21.1. The predicted octanol–water partition coefficient (Wildman–Crippen LogP) is 1.32. The zero-order valence-electron chi connectivity index (χ0n) is 14.6. The second-order valence-electron chi connectivity index (χ2n) is 6.04. The molecule has 4 N–H and O–H groups in total. The number of rotatable bonds is 6. The van der Waals surface area contributed by atoms with Crippen LogP contribution in [-0.4, -0.2) is 49.1 Å². The van der Waals surface area contributed by atoms with Crippen LogP contribution in [0.25, 0.3) is 0 Å². The minimum Gasteiger partial charge on any atom is -0.493 e. The van der Waals surface area contributed by atoms with Crippen molar-refractivity contribution in [2.24, 2.45) is 11.5 Å². The zero-order valence-corrected chi connectivity index (χ0v) is 15.4. The molecule has 2 amide bonds. The van der Waals surface area contributed by atoms with E-state index in [1.807, 2.05) is 11.8 Å². The summed E-state index contributed by atoms with van der Waals surface area (Å²) < 4.78 is 10.5. The summed E-state index contributed by atoms with van der Waals surface area (Å²) in [7, 11) is 1.48. The van der Waals surface area contributed by atoms with Crippen molar-refractivity contribution in [2.75, 3.05) is 20.3 Å². The van der Waals surface area contributed by atoms with Gasteiger partial charge in [-0.1, -0.05) is 0 Å². The molecular formula is C17H26ClN3O4. The molecule has 0 bridgehead atoms. The monoisotopic (exact) mass is 371 g/mol. The molecule has 8 heteroatoms. The van der Waals surface area contributed by atoms with Gasteiger partial charge in [0.1, 0.15) is 0 Å². The quantitative estimate of drug-likeness (QED) is 0.784. The van der Waals surface area contributed by atoms with Crippen LogP contribution in [0.1, 0.15) is 36.5 Å². The number of hydrogen-bond donors (Lipinski definition) is 2. The normalized spacial score (nSPS) is 18.0. The molecule has 2 atom stereocenters. The number of amides is 2. The van der Waals surface area contributed by atoms with Crippen molar-refractivity contribution in [2.45, 2.75) is 38.3 Å². The molecule has 1 aromatic carbocycles. The molecule has 0 aromatic heterocycles. The number of carbonyl (C=O) groups is 2. The average Bonchev–Trinajstić information content (AvgIpc) is 2.59. The molecule has 0 saturated carbocycles. The topological polar surface area (TPSA) is 108 Å². The molecule has 140 valence electrons. The maximum absolute atomic E-state index is 12.9. The summed E-state index contributed by atoms with van der Waals surface area (Å²) in [6, 6.07) is 4.86. The summed E-state index contributed by atoms with van der Waals surface area (Å²) in [4.78, 5) is 25.5. The van der Waals surface area contributed by atoms with Crippen LogP contribution in [-0.2, 0) is 4.79 Å². The molecule has 7 nitrogen and oxygen atoms in total. The Morgan fingerprint density at radius 2 is 2.04 bits per heavy atom. The molecule has 0 aliphatic carbocycles. The Hall–Kier alpha value is -1.99. The number of nitrogens with zero attached hydrogens (tertiary/aromatic N) is 1. The van der Waals surface area contributed by atoms with E-state index < -0.39 is 5.91 Å². The van der Waals surface area contributed by atoms with Crippen molar-refractivity contribution in [1.29, 1.82) is 0 Å². The number of nitrogens with two attached hydrogens (primary N) is 2. The van der Waals surface area contributed by atoms with E-state index in [0.29, 0.717) is 23.6 Å². The van der Waals surface area contributed by atoms with E-state index in [-0.39, 0.29) is 37.0 Å². The summed E-state index contributed by atoms with van der Waals surface area (Å²) in [6.45, 7) is 2.38. The Morgan fingerprint density at radius 3 is 2.64 bits per heavy atom. The van der Waals surface area contributed by atoms with E-state index >= 15 is 0 Å². The van der Waals surface area contributed by atoms with E-state index in [0.717, 1.165) is 19.3 Å². The minimum atomic E-state index is -0.578. The standard InChI is InChI=1S/C17H25N3O4.ClH/c1-11(18)13-5-3-4-8-20(13)17(22)12-6-7-14(15(9-12)23-2)24-10-16(19)21;/h6-7,9,11,13H,3-5,8,10,18H2,1-2H3,(H2,19,21);1H. The highest BCUT2D eigenvalue weighted by atomic mass is 35.5. The van der Waals surface area contributed by atoms with Gasteiger partial charge in [0, 0.05) is 24.2 Å². The molecule has 1 aliphatic rings. The van der Waals surface area contributed by atoms with Crippen molar-refractivity contribution in [3.8, 4) is 11.5 Å². The number of methoxy groups -OCH3 is 1. The van der Waals surface area contributed by atoms with Gasteiger partial charge in [-0.2, -0.15) is 0 Å². The molecule has 25 heavy (non-hydrogen) atoms. The molecule has 2 rings (SSSR count). The zero-order chi connectivity index (χ0) is 17.7. The molecular weight excluding hydrogens is 346 g/mol. The number of piperidine rings is 1. The summed E-state index contributed by atoms with van der Waals surface area (Å²) in [5.41, 5.74) is 11.6. The summed E-state index contributed by atoms with van der Waals surface area (Å²) in [6.07, 6.45) is 2.98. The SMILES string of the molecule is COc1cc(C(=O)N2CCCCC2C(C)N)ccc1OCC(N)=O.Cl. The first-order chi connectivity index (χ1) is 11.4. The maximum Gasteiger partial charge on any atom is 0.255 e. The Balaban J connectivity index is 0.00000312. The predicted molar refractivity (Wildman–Crippen MR) is 97.3 cm³/mol. The van der Waals surface area contributed by atoms with Crippen molar-refractivity contribution >= 4 is 24.2 Å². The van der Waals surface area contributed by atoms with Gasteiger partial charge in [-0.05, 0) is 44.4 Å². The second-order valence-corrected chi connectivity index (χ2v) is 6.04. The summed E-state index contributed by atoms with van der Waals surface area (Å²) in [5, 5.41) is 0. The number of carbonyl (C=O) groups excluding carboxylic acids is 2. The molecule has 1 heterocycles. The van der Waals surface area contributed by atoms with Gasteiger partial charge in [0.05, 0.1) is 7.11 Å². The fraction of sp³-hybridized carbons (Fsp3) is 0.529. The van der Waals surface area contributed by atoms with Crippen LogP contribution in [0.15, 0.2) is 18.2 Å². The van der Waals surface area contributed by atoms with Crippen LogP contribution in [0.5, 0.6) is 11.5 Å². The number of hydrogen-bond acceptors (Lipinski definition) is 5. The Morgan fingerprint density at radius 1 is 1.32 bits per heavy atom. The Kier molecular flexibility index (Phi) is 7.99. The maximum atomic E-state index is 12.9. The van der Waals surface area contributed by atoms with Gasteiger partial charge >= 0.3 is 0 Å². The largest absolute Gasteiger partial charge is 0.493 e. The minimum absolute atomic E-state index is 0. The van der Waals surface area contributed by atoms with Gasteiger partial charge in [0.15, 0.2) is 18.1 Å². The number of halogens is 1. The molecule has 1 fully saturated rings. The van der Waals surface area contributed by atoms with Crippen LogP contribution in [0.3, 0.4) is 0 Å². The van der Waals surface area contributed by atoms with Gasteiger partial charge in [-0.3, -0.25) is 9.59 Å². The number of benzene rings is 1. The lowest BCUT2D eigenvalue weighted by Crippen LogP contribution is -2.51. The van der Waals surface area contributed by atoms with Gasteiger partial charge in [0.2, 0.25) is 0 Å². The van der Waals surface area contributed by atoms with Gasteiger partial charge < -0.3 is 25.8 Å². The highest BCUT2D eigenvalue weighted by molar-refractivity contribution is 5.95. The van der Waals surface area contributed by atoms with Crippen molar-refractivity contribution in [1.82, 2.24) is 4.90 Å². The second kappa shape index (κ2) is 9.48. The third-order valence-electron chi connectivity index (χ3n) is 4.20. The van der Waals surface area contributed by atoms with E-state index in [1.165, 1.54) is 7.11 Å². The van der Waals surface area contributed by atoms with E-state index in [9.17, 15) is 9.59 Å². The average molecular weight is 372 g/mol. The first-order valence-electron chi connectivity index (χ1n) is 8.09. The third-order valence-corrected chi connectivity index (χ3v) is 4.20. The lowest BCUT2D eigenvalue weighted by atomic mass is 9.96. The molecule has 2 unspecified atom stereocenters. The third kappa shape index (κ3) is 5.24. The molecule has 0 spiro atoms. The van der Waals surface area contributed by atoms with Gasteiger partial charge in [0.25, 0.3) is 11.8 Å². The van der Waals surface area contributed by atoms with Crippen molar-refractivity contribution in [3.63, 3.8) is 0 Å². The Labute approximate surface area is 154 Å².